The largest absolute Gasteiger partial charge is 0.451 e. The summed E-state index contributed by atoms with van der Waals surface area (Å²) in [6.07, 6.45) is 5.84. The molecule has 1 aromatic heterocycles. The van der Waals surface area contributed by atoms with Crippen molar-refractivity contribution in [1.29, 1.82) is 0 Å². The Kier molecular flexibility index (Phi) is 6.55. The van der Waals surface area contributed by atoms with Crippen molar-refractivity contribution < 1.29 is 4.42 Å². The highest BCUT2D eigenvalue weighted by atomic mass is 35.5. The first kappa shape index (κ1) is 14.5. The van der Waals surface area contributed by atoms with Crippen molar-refractivity contribution >= 4 is 12.4 Å². The van der Waals surface area contributed by atoms with E-state index in [-0.39, 0.29) is 12.4 Å². The van der Waals surface area contributed by atoms with Crippen LogP contribution < -0.4 is 5.32 Å². The highest BCUT2D eigenvalue weighted by molar-refractivity contribution is 5.85. The van der Waals surface area contributed by atoms with Crippen LogP contribution in [0.1, 0.15) is 25.5 Å². The number of hydrogen-bond donors (Lipinski definition) is 1. The number of hydrogen-bond acceptors (Lipinski definition) is 4. The van der Waals surface area contributed by atoms with Crippen LogP contribution in [0.15, 0.2) is 17.1 Å². The third-order valence-corrected chi connectivity index (χ3v) is 3.26. The van der Waals surface area contributed by atoms with Crippen molar-refractivity contribution in [3.63, 3.8) is 0 Å². The van der Waals surface area contributed by atoms with E-state index in [9.17, 15) is 0 Å². The third-order valence-electron chi connectivity index (χ3n) is 3.26. The monoisotopic (exact) mass is 259 g/mol. The molecule has 0 bridgehead atoms. The zero-order valence-electron chi connectivity index (χ0n) is 10.4. The molecule has 98 valence electrons. The Morgan fingerprint density at radius 2 is 2.24 bits per heavy atom. The minimum Gasteiger partial charge on any atom is -0.451 e. The third kappa shape index (κ3) is 4.66. The quantitative estimate of drug-likeness (QED) is 0.877. The summed E-state index contributed by atoms with van der Waals surface area (Å²) in [5.74, 6) is 0.855. The first-order valence-electron chi connectivity index (χ1n) is 6.18. The van der Waals surface area contributed by atoms with Gasteiger partial charge in [-0.15, -0.1) is 12.4 Å². The summed E-state index contributed by atoms with van der Waals surface area (Å²) in [6.45, 7) is 7.73. The summed E-state index contributed by atoms with van der Waals surface area (Å²) in [6, 6.07) is 0. The second kappa shape index (κ2) is 7.69. The number of nitrogens with one attached hydrogen (secondary N) is 1. The molecule has 1 aromatic rings. The van der Waals surface area contributed by atoms with Crippen molar-refractivity contribution in [2.24, 2.45) is 5.92 Å². The molecule has 0 radical (unpaired) electrons. The molecule has 0 aliphatic carbocycles. The van der Waals surface area contributed by atoms with Crippen molar-refractivity contribution in [1.82, 2.24) is 15.2 Å². The van der Waals surface area contributed by atoms with E-state index in [0.29, 0.717) is 0 Å². The Hall–Kier alpha value is -0.580. The lowest BCUT2D eigenvalue weighted by atomic mass is 9.97. The predicted octanol–water partition coefficient (Wildman–Crippen LogP) is 1.92. The molecule has 2 rings (SSSR count). The van der Waals surface area contributed by atoms with Crippen LogP contribution >= 0.6 is 12.4 Å². The van der Waals surface area contributed by atoms with E-state index in [1.54, 1.807) is 6.26 Å². The number of halogens is 1. The number of nitrogens with zero attached hydrogens (tertiary/aromatic N) is 2. The molecule has 1 fully saturated rings. The molecule has 2 heterocycles. The summed E-state index contributed by atoms with van der Waals surface area (Å²) >= 11 is 0. The Balaban J connectivity index is 0.00000144. The molecule has 0 amide bonds. The van der Waals surface area contributed by atoms with Crippen molar-refractivity contribution in [3.05, 3.63) is 18.4 Å². The van der Waals surface area contributed by atoms with Gasteiger partial charge in [-0.1, -0.05) is 6.92 Å². The summed E-state index contributed by atoms with van der Waals surface area (Å²) in [5, 5.41) is 3.43. The van der Waals surface area contributed by atoms with Crippen LogP contribution in [0, 0.1) is 5.92 Å². The lowest BCUT2D eigenvalue weighted by molar-refractivity contribution is 0.174. The Bertz CT molecular complexity index is 284. The SMILES string of the molecule is CCNCC1CCN(Cc2cocn2)CC1.Cl. The number of rotatable bonds is 5. The maximum absolute atomic E-state index is 4.98. The highest BCUT2D eigenvalue weighted by Crippen LogP contribution is 2.17. The number of aromatic nitrogens is 1. The fourth-order valence-corrected chi connectivity index (χ4v) is 2.24. The van der Waals surface area contributed by atoms with Gasteiger partial charge in [0.15, 0.2) is 6.39 Å². The predicted molar refractivity (Wildman–Crippen MR) is 70.3 cm³/mol. The standard InChI is InChI=1S/C12H21N3O.ClH/c1-2-13-7-11-3-5-15(6-4-11)8-12-9-16-10-14-12;/h9-11,13H,2-8H2,1H3;1H. The summed E-state index contributed by atoms with van der Waals surface area (Å²) < 4.78 is 4.98. The van der Waals surface area contributed by atoms with E-state index in [1.165, 1.54) is 38.9 Å². The first-order chi connectivity index (χ1) is 7.88. The normalized spacial score (nSPS) is 17.9. The Labute approximate surface area is 109 Å². The van der Waals surface area contributed by atoms with Gasteiger partial charge >= 0.3 is 0 Å². The topological polar surface area (TPSA) is 41.3 Å². The van der Waals surface area contributed by atoms with Crippen LogP contribution in [0.5, 0.6) is 0 Å². The molecule has 0 unspecified atom stereocenters. The van der Waals surface area contributed by atoms with Crippen LogP contribution in [-0.4, -0.2) is 36.1 Å². The summed E-state index contributed by atoms with van der Waals surface area (Å²) in [5.41, 5.74) is 1.05. The summed E-state index contributed by atoms with van der Waals surface area (Å²) in [7, 11) is 0. The maximum atomic E-state index is 4.98. The maximum Gasteiger partial charge on any atom is 0.180 e. The number of likely N-dealkylation sites (tertiary alicyclic amines) is 1. The van der Waals surface area contributed by atoms with Crippen molar-refractivity contribution in [3.8, 4) is 0 Å². The van der Waals surface area contributed by atoms with Crippen molar-refractivity contribution in [2.45, 2.75) is 26.3 Å². The summed E-state index contributed by atoms with van der Waals surface area (Å²) in [4.78, 5) is 6.62. The van der Waals surface area contributed by atoms with Gasteiger partial charge < -0.3 is 9.73 Å². The second-order valence-corrected chi connectivity index (χ2v) is 4.51. The van der Waals surface area contributed by atoms with E-state index in [0.717, 1.165) is 24.7 Å². The van der Waals surface area contributed by atoms with Gasteiger partial charge in [-0.3, -0.25) is 4.90 Å². The number of oxazole rings is 1. The van der Waals surface area contributed by atoms with E-state index in [2.05, 4.69) is 22.1 Å². The van der Waals surface area contributed by atoms with Gasteiger partial charge in [-0.25, -0.2) is 4.98 Å². The molecule has 0 saturated carbocycles. The molecular formula is C12H22ClN3O. The lowest BCUT2D eigenvalue weighted by Crippen LogP contribution is -2.36. The zero-order chi connectivity index (χ0) is 11.2. The van der Waals surface area contributed by atoms with Crippen LogP contribution in [0.3, 0.4) is 0 Å². The Morgan fingerprint density at radius 3 is 2.82 bits per heavy atom. The molecule has 0 spiro atoms. The average Bonchev–Trinajstić information content (AvgIpc) is 2.81. The van der Waals surface area contributed by atoms with Crippen LogP contribution in [0.25, 0.3) is 0 Å². The van der Waals surface area contributed by atoms with Gasteiger partial charge in [0.1, 0.15) is 6.26 Å². The molecule has 17 heavy (non-hydrogen) atoms. The van der Waals surface area contributed by atoms with Gasteiger partial charge in [0, 0.05) is 6.54 Å². The van der Waals surface area contributed by atoms with E-state index in [4.69, 9.17) is 4.42 Å². The highest BCUT2D eigenvalue weighted by Gasteiger charge is 2.19. The van der Waals surface area contributed by atoms with Gasteiger partial charge in [-0.05, 0) is 44.9 Å². The average molecular weight is 260 g/mol. The van der Waals surface area contributed by atoms with Crippen LogP contribution in [-0.2, 0) is 6.54 Å². The molecule has 4 nitrogen and oxygen atoms in total. The minimum absolute atomic E-state index is 0. The van der Waals surface area contributed by atoms with Crippen molar-refractivity contribution in [2.75, 3.05) is 26.2 Å². The van der Waals surface area contributed by atoms with Crippen LogP contribution in [0.2, 0.25) is 0 Å². The fourth-order valence-electron chi connectivity index (χ4n) is 2.24. The van der Waals surface area contributed by atoms with Gasteiger partial charge in [0.25, 0.3) is 0 Å². The molecule has 5 heteroatoms. The Morgan fingerprint density at radius 1 is 1.47 bits per heavy atom. The zero-order valence-corrected chi connectivity index (χ0v) is 11.2. The molecule has 0 atom stereocenters. The van der Waals surface area contributed by atoms with E-state index >= 15 is 0 Å². The fraction of sp³-hybridized carbons (Fsp3) is 0.750. The molecular weight excluding hydrogens is 238 g/mol. The van der Waals surface area contributed by atoms with Gasteiger partial charge in [0.05, 0.1) is 5.69 Å². The second-order valence-electron chi connectivity index (χ2n) is 4.51. The molecule has 1 aliphatic rings. The van der Waals surface area contributed by atoms with Gasteiger partial charge in [-0.2, -0.15) is 0 Å². The molecule has 1 saturated heterocycles. The molecule has 0 aromatic carbocycles. The number of piperidine rings is 1. The lowest BCUT2D eigenvalue weighted by Gasteiger charge is -2.31. The molecule has 1 aliphatic heterocycles. The van der Waals surface area contributed by atoms with E-state index in [1.807, 2.05) is 0 Å². The minimum atomic E-state index is 0. The van der Waals surface area contributed by atoms with Gasteiger partial charge in [0.2, 0.25) is 0 Å². The molecule has 1 N–H and O–H groups in total. The first-order valence-corrected chi connectivity index (χ1v) is 6.18. The smallest absolute Gasteiger partial charge is 0.180 e. The van der Waals surface area contributed by atoms with E-state index < -0.39 is 0 Å². The van der Waals surface area contributed by atoms with Crippen LogP contribution in [0.4, 0.5) is 0 Å².